The molecule has 0 atom stereocenters. The molecule has 0 unspecified atom stereocenters. The van der Waals surface area contributed by atoms with Crippen LogP contribution in [0.1, 0.15) is 10.4 Å². The molecule has 0 saturated carbocycles. The number of amides is 1. The Balaban J connectivity index is 3.43. The average Bonchev–Trinajstić information content (AvgIpc) is 2.34. The number of nitrogens with two attached hydrogens (primary N) is 1. The van der Waals surface area contributed by atoms with Crippen molar-refractivity contribution in [2.45, 2.75) is 11.3 Å². The van der Waals surface area contributed by atoms with E-state index in [2.05, 4.69) is 0 Å². The van der Waals surface area contributed by atoms with Crippen LogP contribution in [0.25, 0.3) is 0 Å². The number of carbonyl (C=O) groups is 1. The zero-order valence-corrected chi connectivity index (χ0v) is 12.7. The molecule has 1 aromatic rings. The minimum atomic E-state index is -4.20. The van der Waals surface area contributed by atoms with Gasteiger partial charge in [0.05, 0.1) is 19.2 Å². The normalized spacial score (nSPS) is 11.6. The fourth-order valence-corrected chi connectivity index (χ4v) is 2.67. The number of carbonyl (C=O) groups excluding carboxylic acids is 1. The molecular weight excluding hydrogens is 330 g/mol. The maximum absolute atomic E-state index is 12.3. The van der Waals surface area contributed by atoms with Crippen LogP contribution in [-0.4, -0.2) is 46.4 Å². The molecular formula is C11H13ClF2N2O4S. The summed E-state index contributed by atoms with van der Waals surface area (Å²) < 4.78 is 52.5. The van der Waals surface area contributed by atoms with Crippen molar-refractivity contribution in [2.24, 2.45) is 5.14 Å². The molecule has 1 aromatic carbocycles. The van der Waals surface area contributed by atoms with Crippen molar-refractivity contribution in [1.82, 2.24) is 4.90 Å². The molecule has 0 aliphatic heterocycles. The van der Waals surface area contributed by atoms with E-state index in [0.717, 1.165) is 31.2 Å². The number of primary sulfonamides is 1. The number of ether oxygens (including phenoxy) is 1. The van der Waals surface area contributed by atoms with Gasteiger partial charge in [0.25, 0.3) is 12.3 Å². The summed E-state index contributed by atoms with van der Waals surface area (Å²) in [6.45, 7) is -0.820. The number of rotatable bonds is 5. The van der Waals surface area contributed by atoms with Crippen molar-refractivity contribution < 1.29 is 26.7 Å². The summed E-state index contributed by atoms with van der Waals surface area (Å²) in [5, 5.41) is 4.93. The Bertz CT molecular complexity index is 652. The van der Waals surface area contributed by atoms with E-state index in [4.69, 9.17) is 21.5 Å². The van der Waals surface area contributed by atoms with Crippen molar-refractivity contribution in [2.75, 3.05) is 20.7 Å². The Morgan fingerprint density at radius 1 is 1.48 bits per heavy atom. The molecule has 10 heteroatoms. The summed E-state index contributed by atoms with van der Waals surface area (Å²) >= 11 is 5.75. The Morgan fingerprint density at radius 2 is 2.05 bits per heavy atom. The molecule has 118 valence electrons. The number of alkyl halides is 2. The van der Waals surface area contributed by atoms with Gasteiger partial charge in [-0.05, 0) is 12.1 Å². The van der Waals surface area contributed by atoms with E-state index in [1.807, 2.05) is 0 Å². The van der Waals surface area contributed by atoms with Gasteiger partial charge in [-0.25, -0.2) is 22.3 Å². The first-order valence-corrected chi connectivity index (χ1v) is 7.44. The van der Waals surface area contributed by atoms with E-state index in [9.17, 15) is 22.0 Å². The summed E-state index contributed by atoms with van der Waals surface area (Å²) in [6, 6.07) is 2.14. The summed E-state index contributed by atoms with van der Waals surface area (Å²) in [5.74, 6) is -1.20. The van der Waals surface area contributed by atoms with Crippen LogP contribution in [0, 0.1) is 0 Å². The van der Waals surface area contributed by atoms with E-state index in [1.54, 1.807) is 0 Å². The van der Waals surface area contributed by atoms with Crippen LogP contribution in [0.4, 0.5) is 8.78 Å². The van der Waals surface area contributed by atoms with Crippen LogP contribution in [0.2, 0.25) is 5.02 Å². The molecule has 0 aromatic heterocycles. The average molecular weight is 343 g/mol. The van der Waals surface area contributed by atoms with Gasteiger partial charge in [0, 0.05) is 12.1 Å². The predicted octanol–water partition coefficient (Wildman–Crippen LogP) is 1.33. The second kappa shape index (κ2) is 6.54. The summed E-state index contributed by atoms with van der Waals surface area (Å²) in [4.78, 5) is 12.3. The number of nitrogens with zero attached hydrogens (tertiary/aromatic N) is 1. The molecule has 0 aliphatic rings. The van der Waals surface area contributed by atoms with Crippen LogP contribution < -0.4 is 9.88 Å². The molecule has 0 bridgehead atoms. The molecule has 1 amide bonds. The van der Waals surface area contributed by atoms with Gasteiger partial charge >= 0.3 is 0 Å². The van der Waals surface area contributed by atoms with Gasteiger partial charge in [0.15, 0.2) is 5.75 Å². The van der Waals surface area contributed by atoms with Crippen LogP contribution in [0.5, 0.6) is 5.75 Å². The standard InChI is InChI=1S/C11H13ClF2N2O4S/c1-16(5-9(13)14)11(17)7-3-6(12)4-8(10(7)20-2)21(15,18)19/h3-4,9H,5H2,1-2H3,(H2,15,18,19). The van der Waals surface area contributed by atoms with Crippen molar-refractivity contribution in [1.29, 1.82) is 0 Å². The monoisotopic (exact) mass is 342 g/mol. The fourth-order valence-electron chi connectivity index (χ4n) is 1.64. The molecule has 6 nitrogen and oxygen atoms in total. The second-order valence-electron chi connectivity index (χ2n) is 4.11. The number of benzene rings is 1. The molecule has 1 rings (SSSR count). The van der Waals surface area contributed by atoms with Crippen LogP contribution in [0.3, 0.4) is 0 Å². The quantitative estimate of drug-likeness (QED) is 0.874. The number of hydrogen-bond donors (Lipinski definition) is 1. The van der Waals surface area contributed by atoms with Crippen LogP contribution in [0.15, 0.2) is 17.0 Å². The minimum Gasteiger partial charge on any atom is -0.494 e. The molecule has 0 radical (unpaired) electrons. The SMILES string of the molecule is COc1c(C(=O)N(C)CC(F)F)cc(Cl)cc1S(N)(=O)=O. The molecule has 0 fully saturated rings. The Hall–Kier alpha value is -1.45. The van der Waals surface area contributed by atoms with E-state index in [0.29, 0.717) is 0 Å². The van der Waals surface area contributed by atoms with Crippen molar-refractivity contribution in [3.63, 3.8) is 0 Å². The highest BCUT2D eigenvalue weighted by molar-refractivity contribution is 7.89. The van der Waals surface area contributed by atoms with E-state index in [1.165, 1.54) is 0 Å². The second-order valence-corrected chi connectivity index (χ2v) is 6.07. The summed E-state index contributed by atoms with van der Waals surface area (Å²) in [7, 11) is -1.93. The van der Waals surface area contributed by atoms with E-state index >= 15 is 0 Å². The molecule has 2 N–H and O–H groups in total. The third-order valence-electron chi connectivity index (χ3n) is 2.52. The van der Waals surface area contributed by atoms with Gasteiger partial charge in [-0.3, -0.25) is 4.79 Å². The number of sulfonamides is 1. The summed E-state index contributed by atoms with van der Waals surface area (Å²) in [5.41, 5.74) is -0.267. The third kappa shape index (κ3) is 4.26. The topological polar surface area (TPSA) is 89.7 Å². The van der Waals surface area contributed by atoms with Gasteiger partial charge in [0.2, 0.25) is 10.0 Å². The lowest BCUT2D eigenvalue weighted by atomic mass is 10.1. The molecule has 0 aliphatic carbocycles. The highest BCUT2D eigenvalue weighted by Gasteiger charge is 2.26. The smallest absolute Gasteiger partial charge is 0.257 e. The number of halogens is 3. The maximum atomic E-state index is 12.3. The highest BCUT2D eigenvalue weighted by Crippen LogP contribution is 2.31. The fraction of sp³-hybridized carbons (Fsp3) is 0.364. The molecule has 0 saturated heterocycles. The zero-order chi connectivity index (χ0) is 16.4. The van der Waals surface area contributed by atoms with Gasteiger partial charge < -0.3 is 9.64 Å². The predicted molar refractivity (Wildman–Crippen MR) is 72.3 cm³/mol. The largest absolute Gasteiger partial charge is 0.494 e. The molecule has 21 heavy (non-hydrogen) atoms. The Labute approximate surface area is 125 Å². The van der Waals surface area contributed by atoms with Gasteiger partial charge in [0.1, 0.15) is 4.90 Å². The summed E-state index contributed by atoms with van der Waals surface area (Å²) in [6.07, 6.45) is -2.73. The van der Waals surface area contributed by atoms with Gasteiger partial charge in [-0.15, -0.1) is 0 Å². The maximum Gasteiger partial charge on any atom is 0.257 e. The third-order valence-corrected chi connectivity index (χ3v) is 3.65. The van der Waals surface area contributed by atoms with Crippen molar-refractivity contribution in [3.8, 4) is 5.75 Å². The lowest BCUT2D eigenvalue weighted by molar-refractivity contribution is 0.0617. The lowest BCUT2D eigenvalue weighted by Gasteiger charge is -2.19. The van der Waals surface area contributed by atoms with E-state index in [-0.39, 0.29) is 16.3 Å². The Morgan fingerprint density at radius 3 is 2.48 bits per heavy atom. The first-order chi connectivity index (χ1) is 9.57. The van der Waals surface area contributed by atoms with Crippen molar-refractivity contribution >= 4 is 27.5 Å². The minimum absolute atomic E-state index is 0.0892. The zero-order valence-electron chi connectivity index (χ0n) is 11.1. The lowest BCUT2D eigenvalue weighted by Crippen LogP contribution is -2.32. The van der Waals surface area contributed by atoms with Gasteiger partial charge in [-0.1, -0.05) is 11.6 Å². The number of hydrogen-bond acceptors (Lipinski definition) is 4. The molecule has 0 spiro atoms. The first-order valence-electron chi connectivity index (χ1n) is 5.52. The van der Waals surface area contributed by atoms with Crippen LogP contribution >= 0.6 is 11.6 Å². The van der Waals surface area contributed by atoms with Crippen LogP contribution in [-0.2, 0) is 10.0 Å². The highest BCUT2D eigenvalue weighted by atomic mass is 35.5. The van der Waals surface area contributed by atoms with Gasteiger partial charge in [-0.2, -0.15) is 0 Å². The van der Waals surface area contributed by atoms with E-state index < -0.39 is 33.8 Å². The molecule has 0 heterocycles. The first kappa shape index (κ1) is 17.6. The Kier molecular flexibility index (Phi) is 5.48. The van der Waals surface area contributed by atoms with Crippen molar-refractivity contribution in [3.05, 3.63) is 22.7 Å². The number of methoxy groups -OCH3 is 1.